The average Bonchev–Trinajstić information content (AvgIpc) is 3.20. The summed E-state index contributed by atoms with van der Waals surface area (Å²) in [6.07, 6.45) is 2.80. The van der Waals surface area contributed by atoms with Crippen LogP contribution in [0, 0.1) is 0 Å². The Morgan fingerprint density at radius 2 is 2.05 bits per heavy atom. The summed E-state index contributed by atoms with van der Waals surface area (Å²) in [7, 11) is 1.32. The lowest BCUT2D eigenvalue weighted by Crippen LogP contribution is -2.43. The first-order valence-corrected chi connectivity index (χ1v) is 6.18. The van der Waals surface area contributed by atoms with Gasteiger partial charge in [0.1, 0.15) is 13.1 Å². The first kappa shape index (κ1) is 14.0. The van der Waals surface area contributed by atoms with Crippen molar-refractivity contribution in [2.45, 2.75) is 25.4 Å². The number of rotatable bonds is 5. The molecule has 1 amide bonds. The fourth-order valence-electron chi connectivity index (χ4n) is 1.93. The zero-order valence-corrected chi connectivity index (χ0v) is 11.0. The normalized spacial score (nSPS) is 14.1. The van der Waals surface area contributed by atoms with Crippen LogP contribution in [0.15, 0.2) is 21.9 Å². The molecule has 1 heterocycles. The summed E-state index contributed by atoms with van der Waals surface area (Å²) in [5.41, 5.74) is -1.06. The van der Waals surface area contributed by atoms with E-state index in [2.05, 4.69) is 0 Å². The molecule has 20 heavy (non-hydrogen) atoms. The van der Waals surface area contributed by atoms with Crippen molar-refractivity contribution in [1.82, 2.24) is 14.0 Å². The van der Waals surface area contributed by atoms with Crippen molar-refractivity contribution in [2.24, 2.45) is 7.05 Å². The van der Waals surface area contributed by atoms with Crippen LogP contribution in [0.3, 0.4) is 0 Å². The highest BCUT2D eigenvalue weighted by Gasteiger charge is 2.33. The topological polar surface area (TPSA) is 102 Å². The van der Waals surface area contributed by atoms with Gasteiger partial charge < -0.3 is 10.0 Å². The molecule has 0 unspecified atom stereocenters. The average molecular weight is 281 g/mol. The highest BCUT2D eigenvalue weighted by atomic mass is 16.4. The second-order valence-electron chi connectivity index (χ2n) is 4.77. The SMILES string of the molecule is Cn1c(=O)ccn(CC(=O)N(CC(=O)O)C2CC2)c1=O. The number of aromatic nitrogens is 2. The van der Waals surface area contributed by atoms with Crippen molar-refractivity contribution in [3.8, 4) is 0 Å². The molecule has 0 radical (unpaired) electrons. The summed E-state index contributed by atoms with van der Waals surface area (Å²) in [4.78, 5) is 47.2. The third-order valence-electron chi connectivity index (χ3n) is 3.18. The number of hydrogen-bond acceptors (Lipinski definition) is 4. The molecule has 1 aliphatic carbocycles. The van der Waals surface area contributed by atoms with Gasteiger partial charge in [0.05, 0.1) is 0 Å². The van der Waals surface area contributed by atoms with Crippen molar-refractivity contribution in [1.29, 1.82) is 0 Å². The van der Waals surface area contributed by atoms with Crippen LogP contribution in [0.2, 0.25) is 0 Å². The molecule has 0 aliphatic heterocycles. The molecule has 8 heteroatoms. The molecule has 0 bridgehead atoms. The van der Waals surface area contributed by atoms with Crippen LogP contribution in [-0.4, -0.2) is 43.6 Å². The van der Waals surface area contributed by atoms with Crippen LogP contribution < -0.4 is 11.2 Å². The Labute approximate surface area is 113 Å². The summed E-state index contributed by atoms with van der Waals surface area (Å²) in [5, 5.41) is 8.80. The van der Waals surface area contributed by atoms with Crippen molar-refractivity contribution in [3.63, 3.8) is 0 Å². The molecule has 0 atom stereocenters. The summed E-state index contributed by atoms with van der Waals surface area (Å²) in [6, 6.07) is 1.13. The van der Waals surface area contributed by atoms with Crippen LogP contribution in [0.25, 0.3) is 0 Å². The zero-order chi connectivity index (χ0) is 14.9. The van der Waals surface area contributed by atoms with Gasteiger partial charge in [-0.1, -0.05) is 0 Å². The highest BCUT2D eigenvalue weighted by Crippen LogP contribution is 2.26. The maximum atomic E-state index is 12.1. The number of hydrogen-bond donors (Lipinski definition) is 1. The van der Waals surface area contributed by atoms with Crippen LogP contribution in [0.1, 0.15) is 12.8 Å². The van der Waals surface area contributed by atoms with E-state index in [9.17, 15) is 19.2 Å². The van der Waals surface area contributed by atoms with Gasteiger partial charge in [0, 0.05) is 25.4 Å². The largest absolute Gasteiger partial charge is 0.480 e. The molecule has 1 aliphatic rings. The molecule has 0 saturated heterocycles. The summed E-state index contributed by atoms with van der Waals surface area (Å²) in [5.74, 6) is -1.52. The van der Waals surface area contributed by atoms with Crippen molar-refractivity contribution < 1.29 is 14.7 Å². The molecule has 1 fully saturated rings. The lowest BCUT2D eigenvalue weighted by atomic mass is 10.4. The van der Waals surface area contributed by atoms with E-state index in [0.717, 1.165) is 22.0 Å². The van der Waals surface area contributed by atoms with Gasteiger partial charge in [0.25, 0.3) is 5.56 Å². The van der Waals surface area contributed by atoms with Crippen LogP contribution in [-0.2, 0) is 23.2 Å². The maximum absolute atomic E-state index is 12.1. The Bertz CT molecular complexity index is 656. The van der Waals surface area contributed by atoms with E-state index in [1.54, 1.807) is 0 Å². The third kappa shape index (κ3) is 2.95. The van der Waals surface area contributed by atoms with E-state index < -0.39 is 23.1 Å². The van der Waals surface area contributed by atoms with Gasteiger partial charge >= 0.3 is 11.7 Å². The molecule has 8 nitrogen and oxygen atoms in total. The Hall–Kier alpha value is -2.38. The molecule has 108 valence electrons. The minimum Gasteiger partial charge on any atom is -0.480 e. The van der Waals surface area contributed by atoms with E-state index >= 15 is 0 Å². The van der Waals surface area contributed by atoms with Gasteiger partial charge in [0.15, 0.2) is 0 Å². The molecule has 0 aromatic carbocycles. The lowest BCUT2D eigenvalue weighted by molar-refractivity contribution is -0.145. The van der Waals surface area contributed by atoms with E-state index in [4.69, 9.17) is 5.11 Å². The summed E-state index contributed by atoms with van der Waals surface area (Å²) < 4.78 is 1.99. The van der Waals surface area contributed by atoms with E-state index in [0.29, 0.717) is 0 Å². The van der Waals surface area contributed by atoms with Gasteiger partial charge in [-0.05, 0) is 12.8 Å². The predicted molar refractivity (Wildman–Crippen MR) is 68.3 cm³/mol. The molecule has 2 rings (SSSR count). The van der Waals surface area contributed by atoms with Gasteiger partial charge in [0.2, 0.25) is 5.91 Å². The smallest absolute Gasteiger partial charge is 0.331 e. The van der Waals surface area contributed by atoms with Crippen molar-refractivity contribution in [2.75, 3.05) is 6.54 Å². The Kier molecular flexibility index (Phi) is 3.73. The molecule has 1 aromatic rings. The number of carboxylic acids is 1. The fraction of sp³-hybridized carbons (Fsp3) is 0.500. The third-order valence-corrected chi connectivity index (χ3v) is 3.18. The number of carbonyl (C=O) groups excluding carboxylic acids is 1. The first-order valence-electron chi connectivity index (χ1n) is 6.18. The highest BCUT2D eigenvalue weighted by molar-refractivity contribution is 5.81. The number of aliphatic carboxylic acids is 1. The Morgan fingerprint density at radius 3 is 2.60 bits per heavy atom. The Morgan fingerprint density at radius 1 is 1.40 bits per heavy atom. The quantitative estimate of drug-likeness (QED) is 0.717. The number of amides is 1. The first-order chi connectivity index (χ1) is 9.40. The van der Waals surface area contributed by atoms with E-state index in [-0.39, 0.29) is 19.1 Å². The minimum absolute atomic E-state index is 0.0539. The molecular formula is C12H15N3O5. The second-order valence-corrected chi connectivity index (χ2v) is 4.77. The number of carbonyl (C=O) groups is 2. The predicted octanol–water partition coefficient (Wildman–Crippen LogP) is -1.38. The fourth-order valence-corrected chi connectivity index (χ4v) is 1.93. The van der Waals surface area contributed by atoms with Crippen molar-refractivity contribution >= 4 is 11.9 Å². The molecule has 0 spiro atoms. The van der Waals surface area contributed by atoms with Crippen molar-refractivity contribution in [3.05, 3.63) is 33.1 Å². The second kappa shape index (κ2) is 5.32. The molecule has 1 saturated carbocycles. The molecular weight excluding hydrogens is 266 g/mol. The minimum atomic E-state index is -1.09. The van der Waals surface area contributed by atoms with Gasteiger partial charge in [-0.25, -0.2) is 4.79 Å². The van der Waals surface area contributed by atoms with Crippen LogP contribution in [0.5, 0.6) is 0 Å². The molecule has 1 N–H and O–H groups in total. The Balaban J connectivity index is 2.18. The van der Waals surface area contributed by atoms with Crippen LogP contribution >= 0.6 is 0 Å². The van der Waals surface area contributed by atoms with Gasteiger partial charge in [-0.3, -0.25) is 23.5 Å². The van der Waals surface area contributed by atoms with E-state index in [1.165, 1.54) is 24.2 Å². The summed E-state index contributed by atoms with van der Waals surface area (Å²) >= 11 is 0. The summed E-state index contributed by atoms with van der Waals surface area (Å²) in [6.45, 7) is -0.638. The molecule has 1 aromatic heterocycles. The number of nitrogens with zero attached hydrogens (tertiary/aromatic N) is 3. The number of carboxylic acid groups (broad SMARTS) is 1. The monoisotopic (exact) mass is 281 g/mol. The van der Waals surface area contributed by atoms with E-state index in [1.807, 2.05) is 0 Å². The standard InChI is InChI=1S/C12H15N3O5/c1-13-9(16)4-5-14(12(13)20)6-10(17)15(7-11(18)19)8-2-3-8/h4-5,8H,2-3,6-7H2,1H3,(H,18,19). The van der Waals surface area contributed by atoms with Gasteiger partial charge in [-0.2, -0.15) is 0 Å². The lowest BCUT2D eigenvalue weighted by Gasteiger charge is -2.20. The van der Waals surface area contributed by atoms with Crippen LogP contribution in [0.4, 0.5) is 0 Å². The van der Waals surface area contributed by atoms with Gasteiger partial charge in [-0.15, -0.1) is 0 Å². The maximum Gasteiger partial charge on any atom is 0.331 e. The zero-order valence-electron chi connectivity index (χ0n) is 11.0.